The van der Waals surface area contributed by atoms with Gasteiger partial charge in [0.2, 0.25) is 5.91 Å². The van der Waals surface area contributed by atoms with Gasteiger partial charge in [-0.3, -0.25) is 4.79 Å². The second-order valence-corrected chi connectivity index (χ2v) is 7.43. The number of hydrogen-bond acceptors (Lipinski definition) is 4. The number of carbonyl (C=O) groups excluding carboxylic acids is 1. The maximum atomic E-state index is 12.9. The van der Waals surface area contributed by atoms with E-state index in [9.17, 15) is 18.0 Å². The number of halogens is 4. The molecule has 0 fully saturated rings. The molecule has 0 atom stereocenters. The van der Waals surface area contributed by atoms with E-state index in [1.165, 1.54) is 11.6 Å². The summed E-state index contributed by atoms with van der Waals surface area (Å²) in [4.78, 5) is 15.1. The highest BCUT2D eigenvalue weighted by atomic mass is 35.5. The predicted octanol–water partition coefficient (Wildman–Crippen LogP) is 5.44. The van der Waals surface area contributed by atoms with Crippen molar-refractivity contribution in [3.8, 4) is 11.4 Å². The lowest BCUT2D eigenvalue weighted by Gasteiger charge is -2.11. The molecule has 1 heterocycles. The van der Waals surface area contributed by atoms with E-state index in [4.69, 9.17) is 11.6 Å². The molecule has 3 aromatic rings. The van der Waals surface area contributed by atoms with Crippen LogP contribution in [0.1, 0.15) is 18.1 Å². The summed E-state index contributed by atoms with van der Waals surface area (Å²) in [5, 5.41) is 10.5. The summed E-state index contributed by atoms with van der Waals surface area (Å²) in [6.07, 6.45) is -3.66. The van der Waals surface area contributed by atoms with Gasteiger partial charge >= 0.3 is 6.18 Å². The Morgan fingerprint density at radius 2 is 1.90 bits per heavy atom. The van der Waals surface area contributed by atoms with Gasteiger partial charge in [0, 0.05) is 11.3 Å². The molecule has 29 heavy (non-hydrogen) atoms. The molecule has 2 aromatic carbocycles. The number of amides is 1. The maximum absolute atomic E-state index is 12.9. The van der Waals surface area contributed by atoms with Crippen molar-refractivity contribution in [1.29, 1.82) is 0 Å². The molecule has 0 saturated heterocycles. The lowest BCUT2D eigenvalue weighted by molar-refractivity contribution is -0.137. The topological polar surface area (TPSA) is 70.7 Å². The van der Waals surface area contributed by atoms with Crippen molar-refractivity contribution in [2.75, 3.05) is 11.1 Å². The summed E-state index contributed by atoms with van der Waals surface area (Å²) >= 11 is 6.67. The third kappa shape index (κ3) is 5.51. The molecule has 0 spiro atoms. The number of hydrogen-bond donors (Lipinski definition) is 2. The zero-order valence-electron chi connectivity index (χ0n) is 15.2. The number of benzene rings is 2. The molecule has 1 aromatic heterocycles. The number of aryl methyl sites for hydroxylation is 1. The summed E-state index contributed by atoms with van der Waals surface area (Å²) in [5.41, 5.74) is 1.09. The van der Waals surface area contributed by atoms with E-state index in [0.29, 0.717) is 11.0 Å². The Bertz CT molecular complexity index is 1010. The number of H-pyrrole nitrogens is 1. The Kier molecular flexibility index (Phi) is 6.49. The van der Waals surface area contributed by atoms with Gasteiger partial charge < -0.3 is 10.3 Å². The third-order valence-electron chi connectivity index (χ3n) is 4.00. The van der Waals surface area contributed by atoms with Gasteiger partial charge in [0.05, 0.1) is 16.3 Å². The second kappa shape index (κ2) is 8.87. The molecular formula is C19H16ClF3N4OS. The van der Waals surface area contributed by atoms with Crippen LogP contribution in [0.5, 0.6) is 0 Å². The monoisotopic (exact) mass is 440 g/mol. The first-order valence-corrected chi connectivity index (χ1v) is 9.94. The molecule has 0 aliphatic heterocycles. The first-order valence-electron chi connectivity index (χ1n) is 8.57. The van der Waals surface area contributed by atoms with Crippen LogP contribution in [0.15, 0.2) is 47.6 Å². The molecule has 10 heteroatoms. The van der Waals surface area contributed by atoms with Crippen LogP contribution in [0.2, 0.25) is 5.02 Å². The van der Waals surface area contributed by atoms with Gasteiger partial charge in [-0.1, -0.05) is 54.6 Å². The molecule has 0 aliphatic rings. The molecule has 0 unspecified atom stereocenters. The Morgan fingerprint density at radius 1 is 1.17 bits per heavy atom. The maximum Gasteiger partial charge on any atom is 0.417 e. The summed E-state index contributed by atoms with van der Waals surface area (Å²) in [7, 11) is 0. The van der Waals surface area contributed by atoms with Gasteiger partial charge in [0.1, 0.15) is 0 Å². The van der Waals surface area contributed by atoms with Crippen LogP contribution in [0, 0.1) is 0 Å². The van der Waals surface area contributed by atoms with Gasteiger partial charge in [-0.05, 0) is 30.2 Å². The Hall–Kier alpha value is -2.52. The number of aromatic amines is 1. The Labute approximate surface area is 174 Å². The van der Waals surface area contributed by atoms with Gasteiger partial charge in [-0.25, -0.2) is 0 Å². The fourth-order valence-corrected chi connectivity index (χ4v) is 3.32. The minimum atomic E-state index is -4.60. The second-order valence-electron chi connectivity index (χ2n) is 6.06. The van der Waals surface area contributed by atoms with Gasteiger partial charge in [0.15, 0.2) is 11.0 Å². The number of nitrogens with zero attached hydrogens (tertiary/aromatic N) is 2. The lowest BCUT2D eigenvalue weighted by Crippen LogP contribution is -2.15. The molecule has 1 amide bonds. The molecule has 0 bridgehead atoms. The van der Waals surface area contributed by atoms with Crippen molar-refractivity contribution >= 4 is 35.0 Å². The number of thioether (sulfide) groups is 1. The van der Waals surface area contributed by atoms with Crippen LogP contribution in [0.25, 0.3) is 11.4 Å². The number of anilines is 1. The number of alkyl halides is 3. The summed E-state index contributed by atoms with van der Waals surface area (Å²) in [6, 6.07) is 11.1. The summed E-state index contributed by atoms with van der Waals surface area (Å²) in [6.45, 7) is 2.07. The largest absolute Gasteiger partial charge is 0.417 e. The standard InChI is InChI=1S/C19H16ClF3N4OS/c1-2-11-3-5-12(6-4-11)17-25-18(27-26-17)29-10-16(28)24-13-7-8-15(20)14(9-13)19(21,22)23/h3-9H,2,10H2,1H3,(H,24,28)(H,25,26,27). The lowest BCUT2D eigenvalue weighted by atomic mass is 10.1. The molecule has 152 valence electrons. The molecule has 0 radical (unpaired) electrons. The van der Waals surface area contributed by atoms with Crippen molar-refractivity contribution < 1.29 is 18.0 Å². The minimum Gasteiger partial charge on any atom is -0.325 e. The van der Waals surface area contributed by atoms with Crippen molar-refractivity contribution in [2.45, 2.75) is 24.7 Å². The smallest absolute Gasteiger partial charge is 0.325 e. The Balaban J connectivity index is 1.59. The average molecular weight is 441 g/mol. The molecule has 3 rings (SSSR count). The summed E-state index contributed by atoms with van der Waals surface area (Å²) < 4.78 is 38.7. The van der Waals surface area contributed by atoms with E-state index in [1.807, 2.05) is 24.3 Å². The van der Waals surface area contributed by atoms with Crippen molar-refractivity contribution in [2.24, 2.45) is 0 Å². The number of carbonyl (C=O) groups is 1. The van der Waals surface area contributed by atoms with E-state index in [1.54, 1.807) is 0 Å². The third-order valence-corrected chi connectivity index (χ3v) is 5.19. The van der Waals surface area contributed by atoms with Gasteiger partial charge in [-0.2, -0.15) is 13.2 Å². The highest BCUT2D eigenvalue weighted by Gasteiger charge is 2.33. The van der Waals surface area contributed by atoms with Crippen LogP contribution >= 0.6 is 23.4 Å². The predicted molar refractivity (Wildman–Crippen MR) is 107 cm³/mol. The zero-order valence-corrected chi connectivity index (χ0v) is 16.8. The van der Waals surface area contributed by atoms with E-state index in [-0.39, 0.29) is 11.4 Å². The van der Waals surface area contributed by atoms with Crippen LogP contribution in [0.4, 0.5) is 18.9 Å². The molecule has 0 saturated carbocycles. The van der Waals surface area contributed by atoms with Crippen molar-refractivity contribution in [3.05, 3.63) is 58.6 Å². The molecule has 0 aliphatic carbocycles. The van der Waals surface area contributed by atoms with Crippen LogP contribution < -0.4 is 5.32 Å². The zero-order chi connectivity index (χ0) is 21.0. The van der Waals surface area contributed by atoms with E-state index >= 15 is 0 Å². The quantitative estimate of drug-likeness (QED) is 0.501. The normalized spacial score (nSPS) is 11.5. The highest BCUT2D eigenvalue weighted by Crippen LogP contribution is 2.36. The van der Waals surface area contributed by atoms with Crippen molar-refractivity contribution in [1.82, 2.24) is 15.2 Å². The molecular weight excluding hydrogens is 425 g/mol. The van der Waals surface area contributed by atoms with Crippen LogP contribution in [-0.4, -0.2) is 26.8 Å². The van der Waals surface area contributed by atoms with Gasteiger partial charge in [0.25, 0.3) is 0 Å². The summed E-state index contributed by atoms with van der Waals surface area (Å²) in [5.74, 6) is 0.0479. The number of rotatable bonds is 6. The first-order chi connectivity index (χ1) is 13.8. The Morgan fingerprint density at radius 3 is 2.55 bits per heavy atom. The fourth-order valence-electron chi connectivity index (χ4n) is 2.49. The first kappa shape index (κ1) is 21.2. The van der Waals surface area contributed by atoms with E-state index in [0.717, 1.165) is 35.9 Å². The SMILES string of the molecule is CCc1ccc(-c2nnc(SCC(=O)Nc3ccc(Cl)c(C(F)(F)F)c3)[nH]2)cc1. The average Bonchev–Trinajstić information content (AvgIpc) is 3.16. The fraction of sp³-hybridized carbons (Fsp3) is 0.211. The van der Waals surface area contributed by atoms with E-state index in [2.05, 4.69) is 27.4 Å². The van der Waals surface area contributed by atoms with Gasteiger partial charge in [-0.15, -0.1) is 10.2 Å². The highest BCUT2D eigenvalue weighted by molar-refractivity contribution is 7.99. The van der Waals surface area contributed by atoms with Crippen LogP contribution in [0.3, 0.4) is 0 Å². The van der Waals surface area contributed by atoms with Crippen LogP contribution in [-0.2, 0) is 17.4 Å². The number of nitrogens with one attached hydrogen (secondary N) is 2. The van der Waals surface area contributed by atoms with Crippen molar-refractivity contribution in [3.63, 3.8) is 0 Å². The number of aromatic nitrogens is 3. The molecule has 5 nitrogen and oxygen atoms in total. The minimum absolute atomic E-state index is 0.0154. The molecule has 2 N–H and O–H groups in total. The van der Waals surface area contributed by atoms with E-state index < -0.39 is 22.7 Å².